The zero-order valence-electron chi connectivity index (χ0n) is 17.1. The number of hydrogen-bond donors (Lipinski definition) is 1. The molecule has 1 fully saturated rings. The molecular formula is C22H23N3O4S2. The molecule has 0 unspecified atom stereocenters. The van der Waals surface area contributed by atoms with Crippen LogP contribution in [0.4, 0.5) is 5.69 Å². The maximum absolute atomic E-state index is 12.7. The summed E-state index contributed by atoms with van der Waals surface area (Å²) in [5.41, 5.74) is 3.32. The number of rotatable bonds is 6. The second-order valence-corrected chi connectivity index (χ2v) is 10.1. The summed E-state index contributed by atoms with van der Waals surface area (Å²) in [5, 5.41) is 5.49. The van der Waals surface area contributed by atoms with Gasteiger partial charge in [0.25, 0.3) is 0 Å². The molecule has 4 rings (SSSR count). The number of nitrogens with zero attached hydrogens (tertiary/aromatic N) is 2. The van der Waals surface area contributed by atoms with Crippen molar-refractivity contribution in [2.24, 2.45) is 0 Å². The number of nitrogens with one attached hydrogen (secondary N) is 1. The molecule has 1 aliphatic heterocycles. The lowest BCUT2D eigenvalue weighted by molar-refractivity contribution is -0.115. The summed E-state index contributed by atoms with van der Waals surface area (Å²) in [7, 11) is -3.52. The summed E-state index contributed by atoms with van der Waals surface area (Å²) in [6.07, 6.45) is 0.183. The first kappa shape index (κ1) is 21.6. The van der Waals surface area contributed by atoms with E-state index in [0.29, 0.717) is 31.3 Å². The minimum absolute atomic E-state index is 0.123. The molecule has 0 radical (unpaired) electrons. The Labute approximate surface area is 185 Å². The Balaban J connectivity index is 1.43. The number of anilines is 1. The number of carbonyl (C=O) groups is 1. The highest BCUT2D eigenvalue weighted by Gasteiger charge is 2.26. The van der Waals surface area contributed by atoms with E-state index < -0.39 is 10.0 Å². The SMILES string of the molecule is Cc1ccccc1NC(=O)Cc1nc(-c2ccc(S(=O)(=O)N3CCOCC3)cc2)cs1. The molecule has 2 heterocycles. The molecule has 31 heavy (non-hydrogen) atoms. The van der Waals surface area contributed by atoms with Crippen LogP contribution in [0.25, 0.3) is 11.3 Å². The molecule has 9 heteroatoms. The fourth-order valence-electron chi connectivity index (χ4n) is 3.30. The number of para-hydroxylation sites is 1. The first-order chi connectivity index (χ1) is 14.9. The van der Waals surface area contributed by atoms with E-state index in [1.54, 1.807) is 24.3 Å². The zero-order chi connectivity index (χ0) is 21.8. The van der Waals surface area contributed by atoms with Gasteiger partial charge in [-0.15, -0.1) is 11.3 Å². The molecular weight excluding hydrogens is 434 g/mol. The van der Waals surface area contributed by atoms with Crippen LogP contribution in [0.2, 0.25) is 0 Å². The zero-order valence-corrected chi connectivity index (χ0v) is 18.7. The lowest BCUT2D eigenvalue weighted by Gasteiger charge is -2.26. The third-order valence-corrected chi connectivity index (χ3v) is 7.80. The molecule has 1 N–H and O–H groups in total. The third-order valence-electron chi connectivity index (χ3n) is 5.04. The van der Waals surface area contributed by atoms with Crippen molar-refractivity contribution >= 4 is 33.0 Å². The van der Waals surface area contributed by atoms with E-state index in [-0.39, 0.29) is 17.2 Å². The highest BCUT2D eigenvalue weighted by atomic mass is 32.2. The number of ether oxygens (including phenoxy) is 1. The third kappa shape index (κ3) is 5.01. The van der Waals surface area contributed by atoms with Crippen molar-refractivity contribution in [2.45, 2.75) is 18.2 Å². The fourth-order valence-corrected chi connectivity index (χ4v) is 5.51. The number of hydrogen-bond acceptors (Lipinski definition) is 6. The molecule has 1 saturated heterocycles. The normalized spacial score (nSPS) is 15.0. The van der Waals surface area contributed by atoms with Crippen molar-refractivity contribution in [1.29, 1.82) is 0 Å². The highest BCUT2D eigenvalue weighted by Crippen LogP contribution is 2.25. The number of carbonyl (C=O) groups excluding carboxylic acids is 1. The Kier molecular flexibility index (Phi) is 6.47. The lowest BCUT2D eigenvalue weighted by atomic mass is 10.2. The van der Waals surface area contributed by atoms with Gasteiger partial charge in [-0.05, 0) is 30.7 Å². The second kappa shape index (κ2) is 9.27. The average molecular weight is 458 g/mol. The van der Waals surface area contributed by atoms with E-state index in [1.165, 1.54) is 15.6 Å². The molecule has 1 aliphatic rings. The van der Waals surface area contributed by atoms with E-state index in [0.717, 1.165) is 22.5 Å². The van der Waals surface area contributed by atoms with E-state index in [2.05, 4.69) is 10.3 Å². The summed E-state index contributed by atoms with van der Waals surface area (Å²) in [5.74, 6) is -0.123. The van der Waals surface area contributed by atoms with Gasteiger partial charge in [0.2, 0.25) is 15.9 Å². The predicted molar refractivity (Wildman–Crippen MR) is 121 cm³/mol. The molecule has 2 aromatic carbocycles. The summed E-state index contributed by atoms with van der Waals surface area (Å²) in [6.45, 7) is 3.50. The quantitative estimate of drug-likeness (QED) is 0.613. The highest BCUT2D eigenvalue weighted by molar-refractivity contribution is 7.89. The van der Waals surface area contributed by atoms with Crippen molar-refractivity contribution in [3.63, 3.8) is 0 Å². The van der Waals surface area contributed by atoms with E-state index in [9.17, 15) is 13.2 Å². The van der Waals surface area contributed by atoms with Crippen molar-refractivity contribution in [3.8, 4) is 11.3 Å². The van der Waals surface area contributed by atoms with Crippen molar-refractivity contribution in [3.05, 3.63) is 64.5 Å². The van der Waals surface area contributed by atoms with Crippen LogP contribution < -0.4 is 5.32 Å². The minimum atomic E-state index is -3.52. The van der Waals surface area contributed by atoms with Gasteiger partial charge in [-0.2, -0.15) is 4.31 Å². The first-order valence-electron chi connectivity index (χ1n) is 9.92. The molecule has 1 aromatic heterocycles. The standard InChI is InChI=1S/C22H23N3O4S2/c1-16-4-2-3-5-19(16)23-21(26)14-22-24-20(15-30-22)17-6-8-18(9-7-17)31(27,28)25-10-12-29-13-11-25/h2-9,15H,10-14H2,1H3,(H,23,26). The molecule has 1 amide bonds. The van der Waals surface area contributed by atoms with Crippen LogP contribution in [-0.4, -0.2) is 49.9 Å². The van der Waals surface area contributed by atoms with Gasteiger partial charge in [-0.25, -0.2) is 13.4 Å². The van der Waals surface area contributed by atoms with Gasteiger partial charge in [0.1, 0.15) is 5.01 Å². The van der Waals surface area contributed by atoms with Crippen molar-refractivity contribution < 1.29 is 17.9 Å². The number of morpholine rings is 1. The second-order valence-electron chi connectivity index (χ2n) is 7.21. The van der Waals surface area contributed by atoms with Gasteiger partial charge in [0.15, 0.2) is 0 Å². The van der Waals surface area contributed by atoms with Crippen LogP contribution in [0.5, 0.6) is 0 Å². The average Bonchev–Trinajstić information content (AvgIpc) is 3.24. The van der Waals surface area contributed by atoms with Gasteiger partial charge < -0.3 is 10.1 Å². The summed E-state index contributed by atoms with van der Waals surface area (Å²) >= 11 is 1.41. The number of aromatic nitrogens is 1. The number of aryl methyl sites for hydroxylation is 1. The van der Waals surface area contributed by atoms with Gasteiger partial charge in [-0.3, -0.25) is 4.79 Å². The van der Waals surface area contributed by atoms with Crippen LogP contribution in [0.3, 0.4) is 0 Å². The van der Waals surface area contributed by atoms with E-state index >= 15 is 0 Å². The molecule has 7 nitrogen and oxygen atoms in total. The maximum atomic E-state index is 12.7. The van der Waals surface area contributed by atoms with Gasteiger partial charge in [-0.1, -0.05) is 30.3 Å². The summed E-state index contributed by atoms with van der Waals surface area (Å²) in [6, 6.07) is 14.3. The van der Waals surface area contributed by atoms with Gasteiger partial charge in [0, 0.05) is 29.7 Å². The maximum Gasteiger partial charge on any atom is 0.243 e. The molecule has 0 spiro atoms. The number of benzene rings is 2. The number of thiazole rings is 1. The predicted octanol–water partition coefficient (Wildman–Crippen LogP) is 3.32. The first-order valence-corrected chi connectivity index (χ1v) is 12.2. The van der Waals surface area contributed by atoms with Crippen LogP contribution in [0.15, 0.2) is 58.8 Å². The van der Waals surface area contributed by atoms with Crippen molar-refractivity contribution in [2.75, 3.05) is 31.6 Å². The van der Waals surface area contributed by atoms with Crippen LogP contribution in [-0.2, 0) is 26.0 Å². The smallest absolute Gasteiger partial charge is 0.243 e. The Morgan fingerprint density at radius 2 is 1.84 bits per heavy atom. The van der Waals surface area contributed by atoms with E-state index in [1.807, 2.05) is 36.6 Å². The van der Waals surface area contributed by atoms with E-state index in [4.69, 9.17) is 4.74 Å². The van der Waals surface area contributed by atoms with Crippen LogP contribution in [0.1, 0.15) is 10.6 Å². The van der Waals surface area contributed by atoms with Gasteiger partial charge >= 0.3 is 0 Å². The number of amides is 1. The Morgan fingerprint density at radius 1 is 1.13 bits per heavy atom. The number of sulfonamides is 1. The van der Waals surface area contributed by atoms with Crippen molar-refractivity contribution in [1.82, 2.24) is 9.29 Å². The largest absolute Gasteiger partial charge is 0.379 e. The summed E-state index contributed by atoms with van der Waals surface area (Å²) < 4.78 is 32.2. The molecule has 0 bridgehead atoms. The Hall–Kier alpha value is -2.59. The molecule has 0 atom stereocenters. The monoisotopic (exact) mass is 457 g/mol. The van der Waals surface area contributed by atoms with Crippen LogP contribution in [0, 0.1) is 6.92 Å². The minimum Gasteiger partial charge on any atom is -0.379 e. The summed E-state index contributed by atoms with van der Waals surface area (Å²) in [4.78, 5) is 17.2. The van der Waals surface area contributed by atoms with Gasteiger partial charge in [0.05, 0.1) is 30.2 Å². The van der Waals surface area contributed by atoms with Crippen LogP contribution >= 0.6 is 11.3 Å². The Morgan fingerprint density at radius 3 is 2.55 bits per heavy atom. The fraction of sp³-hybridized carbons (Fsp3) is 0.273. The topological polar surface area (TPSA) is 88.6 Å². The molecule has 3 aromatic rings. The Bertz CT molecular complexity index is 1170. The molecule has 0 aliphatic carbocycles. The lowest BCUT2D eigenvalue weighted by Crippen LogP contribution is -2.40. The molecule has 0 saturated carbocycles. The molecule has 162 valence electrons.